The average molecular weight is 679 g/mol. The SMILES string of the molecule is CC(C)C(=O)N1CCC2(CC1)C(=O)N([C@H]1C[C@@H](N3CCCCC3)C1)c1cc(-c3cc4ncn(C(C)C)c4c(Nc4ccncc4F)n3)ccc12. The molecular weight excluding hydrogens is 631 g/mol. The van der Waals surface area contributed by atoms with Gasteiger partial charge in [-0.2, -0.15) is 0 Å². The zero-order chi connectivity index (χ0) is 34.7. The first-order valence-corrected chi connectivity index (χ1v) is 18.4. The van der Waals surface area contributed by atoms with Gasteiger partial charge in [0.15, 0.2) is 11.6 Å². The highest BCUT2D eigenvalue weighted by molar-refractivity contribution is 6.09. The summed E-state index contributed by atoms with van der Waals surface area (Å²) in [5.41, 5.74) is 4.76. The Morgan fingerprint density at radius 1 is 0.980 bits per heavy atom. The number of halogens is 1. The minimum atomic E-state index is -0.642. The van der Waals surface area contributed by atoms with Crippen LogP contribution in [0.3, 0.4) is 0 Å². The van der Waals surface area contributed by atoms with Crippen LogP contribution in [0.1, 0.15) is 84.2 Å². The number of carbonyl (C=O) groups is 2. The molecular formula is C39H47FN8O2. The molecule has 1 aliphatic carbocycles. The molecule has 3 fully saturated rings. The van der Waals surface area contributed by atoms with Gasteiger partial charge in [-0.15, -0.1) is 0 Å². The standard InChI is InChI=1S/C39H47FN8O2/c1-24(2)37(49)46-16-11-39(12-17-46)29-9-8-26(18-34(29)48(38(39)50)28-19-27(20-28)45-14-6-5-7-15-45)32-21-33-35(47(23-42-33)25(3)4)36(44-32)43-31-10-13-41-22-30(31)40/h8-10,13,18,21-25,27-28H,5-7,11-12,14-17,19-20H2,1-4H3,(H,41,43,44)/t27-,28+. The number of rotatable bonds is 7. The molecule has 1 aromatic carbocycles. The molecule has 1 saturated carbocycles. The molecule has 2 saturated heterocycles. The molecule has 0 atom stereocenters. The normalized spacial score (nSPS) is 22.1. The molecule has 1 N–H and O–H groups in total. The molecule has 6 heterocycles. The molecule has 3 aliphatic heterocycles. The second-order valence-corrected chi connectivity index (χ2v) is 15.3. The van der Waals surface area contributed by atoms with E-state index in [0.717, 1.165) is 53.8 Å². The Morgan fingerprint density at radius 3 is 2.44 bits per heavy atom. The van der Waals surface area contributed by atoms with Gasteiger partial charge in [0.05, 0.1) is 34.8 Å². The van der Waals surface area contributed by atoms with Gasteiger partial charge in [0.1, 0.15) is 5.52 Å². The van der Waals surface area contributed by atoms with Crippen molar-refractivity contribution in [3.05, 3.63) is 60.4 Å². The summed E-state index contributed by atoms with van der Waals surface area (Å²) >= 11 is 0. The van der Waals surface area contributed by atoms with Crippen LogP contribution in [0.2, 0.25) is 0 Å². The van der Waals surface area contributed by atoms with Crippen molar-refractivity contribution >= 4 is 40.0 Å². The van der Waals surface area contributed by atoms with Crippen molar-refractivity contribution < 1.29 is 14.0 Å². The lowest BCUT2D eigenvalue weighted by molar-refractivity contribution is -0.138. The van der Waals surface area contributed by atoms with Crippen molar-refractivity contribution in [2.45, 2.75) is 96.2 Å². The molecule has 0 unspecified atom stereocenters. The van der Waals surface area contributed by atoms with Gasteiger partial charge in [-0.05, 0) is 89.2 Å². The maximum absolute atomic E-state index is 14.8. The third-order valence-electron chi connectivity index (χ3n) is 11.6. The van der Waals surface area contributed by atoms with Gasteiger partial charge in [-0.1, -0.05) is 32.4 Å². The van der Waals surface area contributed by atoms with Crippen LogP contribution < -0.4 is 10.2 Å². The van der Waals surface area contributed by atoms with Crippen molar-refractivity contribution in [2.24, 2.45) is 5.92 Å². The highest BCUT2D eigenvalue weighted by Gasteiger charge is 2.56. The number of carbonyl (C=O) groups excluding carboxylic acids is 2. The van der Waals surface area contributed by atoms with Crippen molar-refractivity contribution in [1.29, 1.82) is 0 Å². The number of nitrogens with zero attached hydrogens (tertiary/aromatic N) is 7. The Bertz CT molecular complexity index is 1940. The number of nitrogens with one attached hydrogen (secondary N) is 1. The van der Waals surface area contributed by atoms with E-state index in [1.54, 1.807) is 18.6 Å². The molecule has 4 aromatic rings. The fourth-order valence-electron chi connectivity index (χ4n) is 8.71. The predicted octanol–water partition coefficient (Wildman–Crippen LogP) is 6.84. The molecule has 2 amide bonds. The number of likely N-dealkylation sites (tertiary alicyclic amines) is 2. The van der Waals surface area contributed by atoms with Crippen molar-refractivity contribution in [3.8, 4) is 11.3 Å². The fourth-order valence-corrected chi connectivity index (χ4v) is 8.71. The lowest BCUT2D eigenvalue weighted by atomic mass is 9.73. The molecule has 10 nitrogen and oxygen atoms in total. The summed E-state index contributed by atoms with van der Waals surface area (Å²) in [6.07, 6.45) is 11.5. The van der Waals surface area contributed by atoms with Gasteiger partial charge < -0.3 is 24.6 Å². The second kappa shape index (κ2) is 12.7. The summed E-state index contributed by atoms with van der Waals surface area (Å²) in [7, 11) is 0. The maximum Gasteiger partial charge on any atom is 0.238 e. The highest BCUT2D eigenvalue weighted by atomic mass is 19.1. The lowest BCUT2D eigenvalue weighted by Gasteiger charge is -2.48. The van der Waals surface area contributed by atoms with Crippen LogP contribution in [-0.2, 0) is 15.0 Å². The van der Waals surface area contributed by atoms with Crippen LogP contribution in [0.4, 0.5) is 21.6 Å². The van der Waals surface area contributed by atoms with E-state index < -0.39 is 11.2 Å². The third kappa shape index (κ3) is 5.45. The molecule has 50 heavy (non-hydrogen) atoms. The Morgan fingerprint density at radius 2 is 1.74 bits per heavy atom. The zero-order valence-electron chi connectivity index (χ0n) is 29.5. The van der Waals surface area contributed by atoms with Gasteiger partial charge in [0.2, 0.25) is 11.8 Å². The summed E-state index contributed by atoms with van der Waals surface area (Å²) in [5.74, 6) is 0.299. The second-order valence-electron chi connectivity index (χ2n) is 15.3. The molecule has 11 heteroatoms. The first-order chi connectivity index (χ1) is 24.1. The van der Waals surface area contributed by atoms with Gasteiger partial charge in [-0.3, -0.25) is 14.6 Å². The fraction of sp³-hybridized carbons (Fsp3) is 0.513. The van der Waals surface area contributed by atoms with E-state index in [4.69, 9.17) is 9.97 Å². The number of fused-ring (bicyclic) bond motifs is 3. The van der Waals surface area contributed by atoms with E-state index in [1.807, 2.05) is 29.4 Å². The van der Waals surface area contributed by atoms with Crippen LogP contribution in [-0.4, -0.2) is 79.4 Å². The number of hydrogen-bond donors (Lipinski definition) is 1. The number of aromatic nitrogens is 4. The number of amides is 2. The molecule has 262 valence electrons. The van der Waals surface area contributed by atoms with Crippen LogP contribution in [0.5, 0.6) is 0 Å². The number of hydrogen-bond acceptors (Lipinski definition) is 7. The van der Waals surface area contributed by atoms with Crippen LogP contribution >= 0.6 is 0 Å². The topological polar surface area (TPSA) is 99.5 Å². The molecule has 0 bridgehead atoms. The minimum Gasteiger partial charge on any atom is -0.342 e. The molecule has 0 radical (unpaired) electrons. The molecule has 8 rings (SSSR count). The quantitative estimate of drug-likeness (QED) is 0.229. The Kier molecular flexibility index (Phi) is 8.36. The van der Waals surface area contributed by atoms with Crippen molar-refractivity contribution in [3.63, 3.8) is 0 Å². The van der Waals surface area contributed by atoms with Crippen molar-refractivity contribution in [1.82, 2.24) is 29.3 Å². The van der Waals surface area contributed by atoms with E-state index in [2.05, 4.69) is 52.1 Å². The van der Waals surface area contributed by atoms with Crippen LogP contribution in [0, 0.1) is 11.7 Å². The Labute approximate surface area is 293 Å². The summed E-state index contributed by atoms with van der Waals surface area (Å²) < 4.78 is 16.9. The van der Waals surface area contributed by atoms with E-state index in [0.29, 0.717) is 43.5 Å². The highest BCUT2D eigenvalue weighted by Crippen LogP contribution is 2.52. The molecule has 1 spiro atoms. The third-order valence-corrected chi connectivity index (χ3v) is 11.6. The van der Waals surface area contributed by atoms with Crippen LogP contribution in [0.15, 0.2) is 49.1 Å². The summed E-state index contributed by atoms with van der Waals surface area (Å²) in [4.78, 5) is 48.1. The van der Waals surface area contributed by atoms with E-state index in [1.165, 1.54) is 25.5 Å². The smallest absolute Gasteiger partial charge is 0.238 e. The maximum atomic E-state index is 14.8. The summed E-state index contributed by atoms with van der Waals surface area (Å²) in [6, 6.07) is 10.7. The van der Waals surface area contributed by atoms with E-state index in [-0.39, 0.29) is 35.5 Å². The number of piperidine rings is 2. The number of pyridine rings is 2. The van der Waals surface area contributed by atoms with E-state index in [9.17, 15) is 14.0 Å². The Balaban J connectivity index is 1.18. The summed E-state index contributed by atoms with van der Waals surface area (Å²) in [6.45, 7) is 11.5. The first kappa shape index (κ1) is 32.8. The lowest BCUT2D eigenvalue weighted by Crippen LogP contribution is -2.58. The van der Waals surface area contributed by atoms with Gasteiger partial charge in [0, 0.05) is 54.6 Å². The van der Waals surface area contributed by atoms with Crippen LogP contribution in [0.25, 0.3) is 22.3 Å². The summed E-state index contributed by atoms with van der Waals surface area (Å²) in [5, 5.41) is 3.23. The largest absolute Gasteiger partial charge is 0.342 e. The molecule has 4 aliphatic rings. The average Bonchev–Trinajstić information content (AvgIpc) is 3.63. The Hall–Kier alpha value is -4.38. The number of imidazole rings is 1. The first-order valence-electron chi connectivity index (χ1n) is 18.4. The van der Waals surface area contributed by atoms with E-state index >= 15 is 0 Å². The van der Waals surface area contributed by atoms with Crippen molar-refractivity contribution in [2.75, 3.05) is 36.4 Å². The van der Waals surface area contributed by atoms with Gasteiger partial charge in [0.25, 0.3) is 0 Å². The predicted molar refractivity (Wildman–Crippen MR) is 193 cm³/mol. The van der Waals surface area contributed by atoms with Gasteiger partial charge >= 0.3 is 0 Å². The number of anilines is 3. The zero-order valence-corrected chi connectivity index (χ0v) is 29.5. The minimum absolute atomic E-state index is 0.0671. The van der Waals surface area contributed by atoms with Gasteiger partial charge in [-0.25, -0.2) is 14.4 Å². The monoisotopic (exact) mass is 678 g/mol. The number of benzene rings is 1. The molecule has 3 aromatic heterocycles.